The lowest BCUT2D eigenvalue weighted by Gasteiger charge is -2.14. The molecule has 0 saturated heterocycles. The molecule has 0 fully saturated rings. The molecule has 108 valence electrons. The number of carbonyl (C=O) groups excluding carboxylic acids is 1. The van der Waals surface area contributed by atoms with Crippen molar-refractivity contribution < 1.29 is 14.6 Å². The summed E-state index contributed by atoms with van der Waals surface area (Å²) < 4.78 is 5.90. The summed E-state index contributed by atoms with van der Waals surface area (Å²) in [6, 6.07) is 10.1. The fourth-order valence-electron chi connectivity index (χ4n) is 2.32. The number of fused-ring (bicyclic) bond motifs is 1. The van der Waals surface area contributed by atoms with Crippen molar-refractivity contribution in [1.82, 2.24) is 0 Å². The van der Waals surface area contributed by atoms with E-state index in [0.717, 1.165) is 15.7 Å². The number of anilines is 2. The average molecular weight is 349 g/mol. The maximum atomic E-state index is 12.1. The molecule has 0 bridgehead atoms. The van der Waals surface area contributed by atoms with E-state index in [4.69, 9.17) is 4.74 Å². The van der Waals surface area contributed by atoms with Crippen molar-refractivity contribution in [2.75, 3.05) is 17.7 Å². The molecule has 0 radical (unpaired) electrons. The molecule has 1 heterocycles. The van der Waals surface area contributed by atoms with Crippen molar-refractivity contribution in [2.24, 2.45) is 0 Å². The third-order valence-electron chi connectivity index (χ3n) is 3.34. The molecule has 2 aromatic rings. The number of halogens is 1. The highest BCUT2D eigenvalue weighted by Crippen LogP contribution is 2.36. The van der Waals surface area contributed by atoms with E-state index in [-0.39, 0.29) is 11.7 Å². The first-order valence-electron chi connectivity index (χ1n) is 6.32. The molecule has 6 heteroatoms. The van der Waals surface area contributed by atoms with Crippen LogP contribution in [0.3, 0.4) is 0 Å². The van der Waals surface area contributed by atoms with Gasteiger partial charge in [-0.1, -0.05) is 22.0 Å². The second kappa shape index (κ2) is 5.29. The molecule has 0 aliphatic carbocycles. The van der Waals surface area contributed by atoms with E-state index in [0.29, 0.717) is 11.4 Å². The third-order valence-corrected chi connectivity index (χ3v) is 3.83. The molecule has 5 nitrogen and oxygen atoms in total. The number of aromatic hydroxyl groups is 1. The maximum absolute atomic E-state index is 12.1. The van der Waals surface area contributed by atoms with Crippen LogP contribution < -0.4 is 15.4 Å². The number of methoxy groups -OCH3 is 1. The molecule has 2 aromatic carbocycles. The first-order valence-corrected chi connectivity index (χ1v) is 7.11. The van der Waals surface area contributed by atoms with Crippen LogP contribution in [-0.4, -0.2) is 18.1 Å². The van der Waals surface area contributed by atoms with Crippen molar-refractivity contribution in [1.29, 1.82) is 0 Å². The Hall–Kier alpha value is -2.21. The van der Waals surface area contributed by atoms with Gasteiger partial charge in [0.1, 0.15) is 6.04 Å². The highest BCUT2D eigenvalue weighted by molar-refractivity contribution is 9.10. The number of hydrogen-bond donors (Lipinski definition) is 3. The molecular weight excluding hydrogens is 336 g/mol. The summed E-state index contributed by atoms with van der Waals surface area (Å²) in [7, 11) is 1.49. The molecule has 1 aliphatic heterocycles. The highest BCUT2D eigenvalue weighted by atomic mass is 79.9. The number of carbonyl (C=O) groups is 1. The smallest absolute Gasteiger partial charge is 0.251 e. The molecule has 1 atom stereocenters. The van der Waals surface area contributed by atoms with Gasteiger partial charge >= 0.3 is 0 Å². The van der Waals surface area contributed by atoms with E-state index in [1.165, 1.54) is 13.2 Å². The number of ether oxygens (including phenoxy) is 1. The zero-order chi connectivity index (χ0) is 15.0. The van der Waals surface area contributed by atoms with Gasteiger partial charge in [0.05, 0.1) is 7.11 Å². The normalized spacial score (nSPS) is 16.3. The second-order valence-corrected chi connectivity index (χ2v) is 5.60. The second-order valence-electron chi connectivity index (χ2n) is 4.68. The third kappa shape index (κ3) is 2.54. The van der Waals surface area contributed by atoms with Crippen LogP contribution in [-0.2, 0) is 4.79 Å². The Morgan fingerprint density at radius 3 is 2.81 bits per heavy atom. The first-order chi connectivity index (χ1) is 10.1. The lowest BCUT2D eigenvalue weighted by molar-refractivity contribution is -0.116. The Kier molecular flexibility index (Phi) is 3.47. The molecule has 21 heavy (non-hydrogen) atoms. The van der Waals surface area contributed by atoms with Crippen molar-refractivity contribution in [3.05, 3.63) is 46.4 Å². The van der Waals surface area contributed by atoms with Crippen LogP contribution in [0.25, 0.3) is 0 Å². The van der Waals surface area contributed by atoms with E-state index >= 15 is 0 Å². The topological polar surface area (TPSA) is 70.6 Å². The van der Waals surface area contributed by atoms with Crippen molar-refractivity contribution in [2.45, 2.75) is 6.04 Å². The molecule has 0 spiro atoms. The quantitative estimate of drug-likeness (QED) is 0.796. The number of benzene rings is 2. The van der Waals surface area contributed by atoms with Crippen molar-refractivity contribution in [3.63, 3.8) is 0 Å². The molecule has 1 amide bonds. The SMILES string of the molecule is COc1ccc(NC2C(=O)Nc3cc(Br)ccc32)cc1O. The number of phenols is 1. The van der Waals surface area contributed by atoms with Gasteiger partial charge in [-0.15, -0.1) is 0 Å². The van der Waals surface area contributed by atoms with Gasteiger partial charge in [0.2, 0.25) is 0 Å². The number of amides is 1. The number of phenolic OH excluding ortho intramolecular Hbond substituents is 1. The Morgan fingerprint density at radius 2 is 2.10 bits per heavy atom. The van der Waals surface area contributed by atoms with E-state index in [2.05, 4.69) is 26.6 Å². The lowest BCUT2D eigenvalue weighted by Crippen LogP contribution is -2.19. The molecule has 3 N–H and O–H groups in total. The Balaban J connectivity index is 1.89. The van der Waals surface area contributed by atoms with Crippen LogP contribution in [0.1, 0.15) is 11.6 Å². The van der Waals surface area contributed by atoms with E-state index < -0.39 is 6.04 Å². The fraction of sp³-hybridized carbons (Fsp3) is 0.133. The Morgan fingerprint density at radius 1 is 1.29 bits per heavy atom. The number of nitrogens with one attached hydrogen (secondary N) is 2. The molecular formula is C15H13BrN2O3. The summed E-state index contributed by atoms with van der Waals surface area (Å²) >= 11 is 3.38. The van der Waals surface area contributed by atoms with Crippen molar-refractivity contribution in [3.8, 4) is 11.5 Å². The zero-order valence-corrected chi connectivity index (χ0v) is 12.8. The minimum atomic E-state index is -0.485. The van der Waals surface area contributed by atoms with Crippen LogP contribution >= 0.6 is 15.9 Å². The average Bonchev–Trinajstić information content (AvgIpc) is 2.74. The van der Waals surface area contributed by atoms with Gasteiger partial charge < -0.3 is 20.5 Å². The summed E-state index contributed by atoms with van der Waals surface area (Å²) in [5, 5.41) is 15.7. The first kappa shape index (κ1) is 13.8. The Labute approximate surface area is 130 Å². The minimum Gasteiger partial charge on any atom is -0.504 e. The Bertz CT molecular complexity index is 718. The predicted molar refractivity (Wildman–Crippen MR) is 83.8 cm³/mol. The van der Waals surface area contributed by atoms with Crippen LogP contribution in [0, 0.1) is 0 Å². The monoisotopic (exact) mass is 348 g/mol. The summed E-state index contributed by atoms with van der Waals surface area (Å²) in [5.41, 5.74) is 2.30. The summed E-state index contributed by atoms with van der Waals surface area (Å²) in [6.07, 6.45) is 0. The highest BCUT2D eigenvalue weighted by Gasteiger charge is 2.30. The molecule has 1 aliphatic rings. The van der Waals surface area contributed by atoms with Gasteiger partial charge in [-0.2, -0.15) is 0 Å². The fourth-order valence-corrected chi connectivity index (χ4v) is 2.69. The van der Waals surface area contributed by atoms with E-state index in [1.54, 1.807) is 12.1 Å². The van der Waals surface area contributed by atoms with Gasteiger partial charge in [-0.3, -0.25) is 4.79 Å². The standard InChI is InChI=1S/C15H13BrN2O3/c1-21-13-5-3-9(7-12(13)19)17-14-10-4-2-8(16)6-11(10)18-15(14)20/h2-7,14,17,19H,1H3,(H,18,20). The summed E-state index contributed by atoms with van der Waals surface area (Å²) in [4.78, 5) is 12.1. The molecule has 0 saturated carbocycles. The van der Waals surface area contributed by atoms with Crippen LogP contribution in [0.15, 0.2) is 40.9 Å². The van der Waals surface area contributed by atoms with Gasteiger partial charge in [-0.05, 0) is 24.3 Å². The summed E-state index contributed by atoms with van der Waals surface area (Å²) in [5.74, 6) is 0.288. The number of hydrogen-bond acceptors (Lipinski definition) is 4. The van der Waals surface area contributed by atoms with Gasteiger partial charge in [0.25, 0.3) is 5.91 Å². The lowest BCUT2D eigenvalue weighted by atomic mass is 10.1. The molecule has 0 aromatic heterocycles. The summed E-state index contributed by atoms with van der Waals surface area (Å²) in [6.45, 7) is 0. The molecule has 3 rings (SSSR count). The van der Waals surface area contributed by atoms with Crippen LogP contribution in [0.2, 0.25) is 0 Å². The minimum absolute atomic E-state index is 0.0249. The van der Waals surface area contributed by atoms with Crippen LogP contribution in [0.4, 0.5) is 11.4 Å². The van der Waals surface area contributed by atoms with Gasteiger partial charge in [0, 0.05) is 27.5 Å². The van der Waals surface area contributed by atoms with Crippen LogP contribution in [0.5, 0.6) is 11.5 Å². The zero-order valence-electron chi connectivity index (χ0n) is 11.2. The maximum Gasteiger partial charge on any atom is 0.251 e. The number of rotatable bonds is 3. The van der Waals surface area contributed by atoms with Gasteiger partial charge in [0.15, 0.2) is 11.5 Å². The van der Waals surface area contributed by atoms with E-state index in [1.807, 2.05) is 18.2 Å². The largest absolute Gasteiger partial charge is 0.504 e. The predicted octanol–water partition coefficient (Wildman–Crippen LogP) is 3.27. The van der Waals surface area contributed by atoms with E-state index in [9.17, 15) is 9.90 Å². The van der Waals surface area contributed by atoms with Gasteiger partial charge in [-0.25, -0.2) is 0 Å². The van der Waals surface area contributed by atoms with Crippen molar-refractivity contribution >= 4 is 33.2 Å². The molecule has 1 unspecified atom stereocenters.